The lowest BCUT2D eigenvalue weighted by Crippen LogP contribution is -2.28. The molecule has 1 aromatic carbocycles. The van der Waals surface area contributed by atoms with Crippen molar-refractivity contribution in [3.63, 3.8) is 0 Å². The topological polar surface area (TPSA) is 82.0 Å². The minimum Gasteiger partial charge on any atom is -0.355 e. The summed E-state index contributed by atoms with van der Waals surface area (Å²) in [5, 5.41) is 13.6. The van der Waals surface area contributed by atoms with E-state index in [0.717, 1.165) is 10.0 Å². The molecule has 0 atom stereocenters. The maximum Gasteiger partial charge on any atom is 0.244 e. The molecule has 1 aromatic rings. The van der Waals surface area contributed by atoms with Crippen molar-refractivity contribution in [3.05, 3.63) is 40.4 Å². The molecule has 5 nitrogen and oxygen atoms in total. The van der Waals surface area contributed by atoms with Gasteiger partial charge in [0.15, 0.2) is 0 Å². The first kappa shape index (κ1) is 16.9. The van der Waals surface area contributed by atoms with Gasteiger partial charge in [0.05, 0.1) is 6.07 Å². The van der Waals surface area contributed by atoms with E-state index in [1.54, 1.807) is 12.1 Å². The molecule has 0 fully saturated rings. The van der Waals surface area contributed by atoms with Gasteiger partial charge in [-0.05, 0) is 30.2 Å². The molecule has 110 valence electrons. The van der Waals surface area contributed by atoms with E-state index in [4.69, 9.17) is 5.26 Å². The molecule has 0 unspecified atom stereocenters. The Morgan fingerprint density at radius 3 is 2.52 bits per heavy atom. The van der Waals surface area contributed by atoms with Crippen LogP contribution in [-0.4, -0.2) is 24.9 Å². The van der Waals surface area contributed by atoms with Crippen molar-refractivity contribution in [2.24, 2.45) is 0 Å². The number of benzene rings is 1. The summed E-state index contributed by atoms with van der Waals surface area (Å²) in [6, 6.07) is 9.38. The zero-order valence-corrected chi connectivity index (χ0v) is 13.0. The largest absolute Gasteiger partial charge is 0.355 e. The van der Waals surface area contributed by atoms with E-state index in [1.807, 2.05) is 24.3 Å². The van der Waals surface area contributed by atoms with Crippen LogP contribution in [-0.2, 0) is 9.59 Å². The van der Waals surface area contributed by atoms with E-state index in [0.29, 0.717) is 19.5 Å². The van der Waals surface area contributed by atoms with Crippen molar-refractivity contribution >= 4 is 33.8 Å². The number of halogens is 1. The van der Waals surface area contributed by atoms with Gasteiger partial charge in [0, 0.05) is 23.6 Å². The Hall–Kier alpha value is -2.13. The second kappa shape index (κ2) is 9.72. The standard InChI is InChI=1S/C15H16BrN3O2/c16-13-5-2-12(3-6-13)4-7-14(20)18-10-1-11-19-15(21)8-9-17/h2-7H,1,8,10-11H2,(H,18,20)(H,19,21)/b7-4+. The molecule has 0 spiro atoms. The normalized spacial score (nSPS) is 10.1. The smallest absolute Gasteiger partial charge is 0.244 e. The van der Waals surface area contributed by atoms with Gasteiger partial charge in [-0.1, -0.05) is 28.1 Å². The van der Waals surface area contributed by atoms with E-state index in [-0.39, 0.29) is 18.2 Å². The van der Waals surface area contributed by atoms with Crippen LogP contribution >= 0.6 is 15.9 Å². The Kier molecular flexibility index (Phi) is 7.84. The highest BCUT2D eigenvalue weighted by atomic mass is 79.9. The van der Waals surface area contributed by atoms with E-state index >= 15 is 0 Å². The van der Waals surface area contributed by atoms with Gasteiger partial charge in [-0.25, -0.2) is 0 Å². The summed E-state index contributed by atoms with van der Waals surface area (Å²) in [7, 11) is 0. The molecular weight excluding hydrogens is 334 g/mol. The number of nitrogens with one attached hydrogen (secondary N) is 2. The number of hydrogen-bond donors (Lipinski definition) is 2. The third kappa shape index (κ3) is 7.90. The highest BCUT2D eigenvalue weighted by Gasteiger charge is 1.99. The van der Waals surface area contributed by atoms with E-state index in [9.17, 15) is 9.59 Å². The third-order valence-corrected chi connectivity index (χ3v) is 3.04. The molecule has 2 amide bonds. The highest BCUT2D eigenvalue weighted by molar-refractivity contribution is 9.10. The van der Waals surface area contributed by atoms with Crippen molar-refractivity contribution in [2.75, 3.05) is 13.1 Å². The highest BCUT2D eigenvalue weighted by Crippen LogP contribution is 2.11. The minimum absolute atomic E-state index is 0.137. The average molecular weight is 350 g/mol. The Balaban J connectivity index is 2.18. The number of nitrogens with zero attached hydrogens (tertiary/aromatic N) is 1. The summed E-state index contributed by atoms with van der Waals surface area (Å²) >= 11 is 3.34. The van der Waals surface area contributed by atoms with E-state index in [2.05, 4.69) is 26.6 Å². The van der Waals surface area contributed by atoms with Gasteiger partial charge in [-0.2, -0.15) is 5.26 Å². The van der Waals surface area contributed by atoms with Gasteiger partial charge in [0.1, 0.15) is 6.42 Å². The molecular formula is C15H16BrN3O2. The molecule has 2 N–H and O–H groups in total. The molecule has 0 heterocycles. The molecule has 0 bridgehead atoms. The van der Waals surface area contributed by atoms with Gasteiger partial charge in [-0.3, -0.25) is 9.59 Å². The lowest BCUT2D eigenvalue weighted by atomic mass is 10.2. The number of nitriles is 1. The molecule has 0 saturated carbocycles. The number of hydrogen-bond acceptors (Lipinski definition) is 3. The summed E-state index contributed by atoms with van der Waals surface area (Å²) in [5.74, 6) is -0.472. The summed E-state index contributed by atoms with van der Waals surface area (Å²) in [5.41, 5.74) is 0.942. The van der Waals surface area contributed by atoms with E-state index < -0.39 is 0 Å². The molecule has 0 aromatic heterocycles. The second-order valence-corrected chi connectivity index (χ2v) is 5.13. The molecule has 0 saturated heterocycles. The van der Waals surface area contributed by atoms with Gasteiger partial charge >= 0.3 is 0 Å². The van der Waals surface area contributed by atoms with E-state index in [1.165, 1.54) is 6.08 Å². The van der Waals surface area contributed by atoms with Crippen LogP contribution in [0.3, 0.4) is 0 Å². The SMILES string of the molecule is N#CCC(=O)NCCCNC(=O)/C=C/c1ccc(Br)cc1. The van der Waals surface area contributed by atoms with Crippen LogP contribution in [0.25, 0.3) is 6.08 Å². The van der Waals surface area contributed by atoms with Crippen LogP contribution < -0.4 is 10.6 Å². The number of carbonyl (C=O) groups excluding carboxylic acids is 2. The molecule has 0 aliphatic rings. The molecule has 6 heteroatoms. The number of amides is 2. The van der Waals surface area contributed by atoms with Gasteiger partial charge in [0.2, 0.25) is 11.8 Å². The third-order valence-electron chi connectivity index (χ3n) is 2.51. The van der Waals surface area contributed by atoms with Crippen LogP contribution in [0, 0.1) is 11.3 Å². The molecule has 21 heavy (non-hydrogen) atoms. The van der Waals surface area contributed by atoms with Crippen molar-refractivity contribution < 1.29 is 9.59 Å². The zero-order valence-electron chi connectivity index (χ0n) is 11.4. The first-order chi connectivity index (χ1) is 10.1. The lowest BCUT2D eigenvalue weighted by Gasteiger charge is -2.03. The minimum atomic E-state index is -0.293. The number of carbonyl (C=O) groups is 2. The fourth-order valence-electron chi connectivity index (χ4n) is 1.47. The second-order valence-electron chi connectivity index (χ2n) is 4.21. The Bertz CT molecular complexity index is 547. The van der Waals surface area contributed by atoms with Crippen LogP contribution in [0.5, 0.6) is 0 Å². The number of rotatable bonds is 7. The van der Waals surface area contributed by atoms with Crippen LogP contribution in [0.15, 0.2) is 34.8 Å². The van der Waals surface area contributed by atoms with Crippen molar-refractivity contribution in [2.45, 2.75) is 12.8 Å². The molecule has 0 radical (unpaired) electrons. The molecule has 0 aliphatic carbocycles. The predicted molar refractivity (Wildman–Crippen MR) is 84.0 cm³/mol. The fourth-order valence-corrected chi connectivity index (χ4v) is 1.73. The lowest BCUT2D eigenvalue weighted by molar-refractivity contribution is -0.120. The zero-order chi connectivity index (χ0) is 15.5. The summed E-state index contributed by atoms with van der Waals surface area (Å²) in [4.78, 5) is 22.5. The first-order valence-corrected chi connectivity index (χ1v) is 7.26. The summed E-state index contributed by atoms with van der Waals surface area (Å²) in [6.07, 6.45) is 3.69. The van der Waals surface area contributed by atoms with Crippen molar-refractivity contribution in [3.8, 4) is 6.07 Å². The fraction of sp³-hybridized carbons (Fsp3) is 0.267. The maximum atomic E-state index is 11.5. The Morgan fingerprint density at radius 1 is 1.19 bits per heavy atom. The molecule has 0 aliphatic heterocycles. The van der Waals surface area contributed by atoms with Gasteiger partial charge < -0.3 is 10.6 Å². The van der Waals surface area contributed by atoms with Crippen molar-refractivity contribution in [1.82, 2.24) is 10.6 Å². The Labute approximate surface area is 132 Å². The first-order valence-electron chi connectivity index (χ1n) is 6.47. The van der Waals surface area contributed by atoms with Gasteiger partial charge in [0.25, 0.3) is 0 Å². The van der Waals surface area contributed by atoms with Crippen LogP contribution in [0.4, 0.5) is 0 Å². The average Bonchev–Trinajstić information content (AvgIpc) is 2.46. The predicted octanol–water partition coefficient (Wildman–Crippen LogP) is 2.00. The van der Waals surface area contributed by atoms with Crippen LogP contribution in [0.1, 0.15) is 18.4 Å². The molecule has 1 rings (SSSR count). The van der Waals surface area contributed by atoms with Crippen LogP contribution in [0.2, 0.25) is 0 Å². The monoisotopic (exact) mass is 349 g/mol. The van der Waals surface area contributed by atoms with Crippen molar-refractivity contribution in [1.29, 1.82) is 5.26 Å². The quantitative estimate of drug-likeness (QED) is 0.583. The Morgan fingerprint density at radius 2 is 1.86 bits per heavy atom. The maximum absolute atomic E-state index is 11.5. The van der Waals surface area contributed by atoms with Gasteiger partial charge in [-0.15, -0.1) is 0 Å². The summed E-state index contributed by atoms with van der Waals surface area (Å²) < 4.78 is 0.988. The summed E-state index contributed by atoms with van der Waals surface area (Å²) in [6.45, 7) is 0.910.